The van der Waals surface area contributed by atoms with E-state index >= 15 is 0 Å². The highest BCUT2D eigenvalue weighted by molar-refractivity contribution is 6.32. The number of fused-ring (bicyclic) bond motifs is 2. The van der Waals surface area contributed by atoms with Gasteiger partial charge in [0, 0.05) is 6.04 Å². The molecule has 2 saturated heterocycles. The third kappa shape index (κ3) is 3.15. The van der Waals surface area contributed by atoms with Crippen molar-refractivity contribution in [2.24, 2.45) is 0 Å². The van der Waals surface area contributed by atoms with Gasteiger partial charge < -0.3 is 20.7 Å². The van der Waals surface area contributed by atoms with Crippen LogP contribution >= 0.6 is 11.6 Å². The van der Waals surface area contributed by atoms with Crippen molar-refractivity contribution in [1.29, 1.82) is 0 Å². The molecule has 1 aromatic rings. The number of nitrogens with zero attached hydrogens (tertiary/aromatic N) is 3. The summed E-state index contributed by atoms with van der Waals surface area (Å²) in [6.45, 7) is 5.63. The Morgan fingerprint density at radius 3 is 2.87 bits per heavy atom. The number of anilines is 2. The topological polar surface area (TPSA) is 93.4 Å². The molecule has 1 amide bonds. The van der Waals surface area contributed by atoms with Crippen LogP contribution in [-0.2, 0) is 4.74 Å². The predicted molar refractivity (Wildman–Crippen MR) is 88.4 cm³/mol. The molecular weight excluding hydrogens is 318 g/mol. The number of halogens is 1. The molecule has 2 aliphatic rings. The number of hydrogen-bond donors (Lipinski definition) is 2. The average molecular weight is 340 g/mol. The third-order valence-corrected chi connectivity index (χ3v) is 4.60. The molecule has 1 aromatic heterocycles. The normalized spacial score (nSPS) is 26.4. The number of hydrogen-bond acceptors (Lipinski definition) is 6. The van der Waals surface area contributed by atoms with Crippen LogP contribution in [0, 0.1) is 0 Å². The summed E-state index contributed by atoms with van der Waals surface area (Å²) in [7, 11) is 0. The second-order valence-electron chi connectivity index (χ2n) is 7.10. The zero-order valence-electron chi connectivity index (χ0n) is 13.5. The van der Waals surface area contributed by atoms with Crippen LogP contribution in [0.1, 0.15) is 40.0 Å². The third-order valence-electron chi connectivity index (χ3n) is 4.30. The fraction of sp³-hybridized carbons (Fsp3) is 0.667. The number of nitrogens with one attached hydrogen (secondary N) is 1. The van der Waals surface area contributed by atoms with Gasteiger partial charge in [-0.1, -0.05) is 11.6 Å². The SMILES string of the molecule is CC(C)(C)OC(=O)N1[C@H]2CC[C@@H]1C(Nc1ncnc(Cl)c1N)C2. The zero-order valence-corrected chi connectivity index (χ0v) is 14.3. The number of carbonyl (C=O) groups is 1. The Labute approximate surface area is 140 Å². The number of carbonyl (C=O) groups excluding carboxylic acids is 1. The van der Waals surface area contributed by atoms with Crippen molar-refractivity contribution < 1.29 is 9.53 Å². The highest BCUT2D eigenvalue weighted by Gasteiger charge is 2.50. The van der Waals surface area contributed by atoms with Crippen molar-refractivity contribution in [2.75, 3.05) is 11.1 Å². The van der Waals surface area contributed by atoms with Gasteiger partial charge in [0.05, 0.1) is 12.1 Å². The van der Waals surface area contributed by atoms with Gasteiger partial charge in [0.15, 0.2) is 11.0 Å². The van der Waals surface area contributed by atoms with Gasteiger partial charge >= 0.3 is 6.09 Å². The van der Waals surface area contributed by atoms with Gasteiger partial charge in [0.1, 0.15) is 17.6 Å². The van der Waals surface area contributed by atoms with E-state index in [2.05, 4.69) is 15.3 Å². The Balaban J connectivity index is 1.73. The first kappa shape index (κ1) is 16.1. The molecule has 0 aromatic carbocycles. The van der Waals surface area contributed by atoms with Crippen LogP contribution in [0.4, 0.5) is 16.3 Å². The van der Waals surface area contributed by atoms with E-state index < -0.39 is 5.60 Å². The number of aromatic nitrogens is 2. The van der Waals surface area contributed by atoms with Gasteiger partial charge in [-0.15, -0.1) is 0 Å². The summed E-state index contributed by atoms with van der Waals surface area (Å²) in [5, 5.41) is 3.55. The van der Waals surface area contributed by atoms with Crippen molar-refractivity contribution in [3.8, 4) is 0 Å². The minimum Gasteiger partial charge on any atom is -0.444 e. The lowest BCUT2D eigenvalue weighted by Gasteiger charge is -2.28. The average Bonchev–Trinajstić information content (AvgIpc) is 2.99. The molecule has 23 heavy (non-hydrogen) atoms. The van der Waals surface area contributed by atoms with Crippen LogP contribution in [0.15, 0.2) is 6.33 Å². The second-order valence-corrected chi connectivity index (χ2v) is 7.46. The summed E-state index contributed by atoms with van der Waals surface area (Å²) in [5.41, 5.74) is 5.75. The number of nitrogen functional groups attached to an aromatic ring is 1. The van der Waals surface area contributed by atoms with Crippen LogP contribution in [0.5, 0.6) is 0 Å². The highest BCUT2D eigenvalue weighted by Crippen LogP contribution is 2.40. The maximum absolute atomic E-state index is 12.4. The van der Waals surface area contributed by atoms with Gasteiger partial charge in [-0.2, -0.15) is 0 Å². The summed E-state index contributed by atoms with van der Waals surface area (Å²) in [6, 6.07) is 0.378. The molecule has 1 unspecified atom stereocenters. The first-order valence-corrected chi connectivity index (χ1v) is 8.18. The van der Waals surface area contributed by atoms with E-state index in [4.69, 9.17) is 22.1 Å². The van der Waals surface area contributed by atoms with Gasteiger partial charge in [0.2, 0.25) is 0 Å². The molecule has 2 fully saturated rings. The van der Waals surface area contributed by atoms with Gasteiger partial charge in [0.25, 0.3) is 0 Å². The Bertz CT molecular complexity index is 618. The minimum atomic E-state index is -0.493. The van der Waals surface area contributed by atoms with E-state index in [0.717, 1.165) is 19.3 Å². The number of amides is 1. The van der Waals surface area contributed by atoms with E-state index in [-0.39, 0.29) is 29.4 Å². The Morgan fingerprint density at radius 2 is 2.17 bits per heavy atom. The molecule has 2 bridgehead atoms. The van der Waals surface area contributed by atoms with Crippen molar-refractivity contribution in [3.05, 3.63) is 11.5 Å². The fourth-order valence-corrected chi connectivity index (χ4v) is 3.54. The molecule has 7 nitrogen and oxygen atoms in total. The van der Waals surface area contributed by atoms with Crippen molar-refractivity contribution in [2.45, 2.75) is 63.8 Å². The first-order valence-electron chi connectivity index (χ1n) is 7.80. The highest BCUT2D eigenvalue weighted by atomic mass is 35.5. The van der Waals surface area contributed by atoms with Crippen LogP contribution in [-0.4, -0.2) is 44.7 Å². The van der Waals surface area contributed by atoms with E-state index in [1.54, 1.807) is 0 Å². The van der Waals surface area contributed by atoms with E-state index in [1.165, 1.54) is 6.33 Å². The van der Waals surface area contributed by atoms with Crippen LogP contribution in [0.25, 0.3) is 0 Å². The molecule has 0 radical (unpaired) electrons. The lowest BCUT2D eigenvalue weighted by molar-refractivity contribution is 0.0214. The fourth-order valence-electron chi connectivity index (χ4n) is 3.41. The smallest absolute Gasteiger partial charge is 0.410 e. The Kier molecular flexibility index (Phi) is 4.00. The molecule has 0 spiro atoms. The zero-order chi connectivity index (χ0) is 16.8. The quantitative estimate of drug-likeness (QED) is 0.804. The maximum Gasteiger partial charge on any atom is 0.410 e. The number of ether oxygens (including phenoxy) is 1. The molecule has 8 heteroatoms. The molecule has 3 heterocycles. The van der Waals surface area contributed by atoms with Gasteiger partial charge in [-0.3, -0.25) is 0 Å². The maximum atomic E-state index is 12.4. The summed E-state index contributed by atoms with van der Waals surface area (Å²) < 4.78 is 5.53. The number of nitrogens with two attached hydrogens (primary N) is 1. The van der Waals surface area contributed by atoms with E-state index in [0.29, 0.717) is 11.5 Å². The molecule has 0 saturated carbocycles. The summed E-state index contributed by atoms with van der Waals surface area (Å²) in [4.78, 5) is 22.3. The lowest BCUT2D eigenvalue weighted by Crippen LogP contribution is -2.42. The molecule has 2 aliphatic heterocycles. The summed E-state index contributed by atoms with van der Waals surface area (Å²) in [6.07, 6.45) is 3.93. The predicted octanol–water partition coefficient (Wildman–Crippen LogP) is 2.66. The standard InChI is InChI=1S/C15H22ClN5O2/c1-15(2,3)23-14(22)21-8-4-5-10(21)9(6-8)20-13-11(17)12(16)18-7-19-13/h7-10H,4-6,17H2,1-3H3,(H,18,19,20)/t8-,9?,10+/m0/s1. The van der Waals surface area contributed by atoms with Crippen molar-refractivity contribution >= 4 is 29.2 Å². The lowest BCUT2D eigenvalue weighted by atomic mass is 9.95. The van der Waals surface area contributed by atoms with Crippen molar-refractivity contribution in [1.82, 2.24) is 14.9 Å². The van der Waals surface area contributed by atoms with Crippen LogP contribution < -0.4 is 11.1 Å². The molecule has 0 aliphatic carbocycles. The largest absolute Gasteiger partial charge is 0.444 e. The minimum absolute atomic E-state index is 0.0861. The Morgan fingerprint density at radius 1 is 1.43 bits per heavy atom. The first-order chi connectivity index (χ1) is 10.8. The number of rotatable bonds is 2. The summed E-state index contributed by atoms with van der Waals surface area (Å²) >= 11 is 5.93. The van der Waals surface area contributed by atoms with Gasteiger partial charge in [-0.05, 0) is 40.0 Å². The molecule has 126 valence electrons. The van der Waals surface area contributed by atoms with Crippen LogP contribution in [0.2, 0.25) is 5.15 Å². The monoisotopic (exact) mass is 339 g/mol. The van der Waals surface area contributed by atoms with E-state index in [1.807, 2.05) is 25.7 Å². The molecular formula is C15H22ClN5O2. The van der Waals surface area contributed by atoms with Gasteiger partial charge in [-0.25, -0.2) is 14.8 Å². The van der Waals surface area contributed by atoms with E-state index in [9.17, 15) is 4.79 Å². The molecule has 3 atom stereocenters. The molecule has 3 rings (SSSR count). The molecule has 3 N–H and O–H groups in total. The van der Waals surface area contributed by atoms with Crippen molar-refractivity contribution in [3.63, 3.8) is 0 Å². The van der Waals surface area contributed by atoms with Crippen LogP contribution in [0.3, 0.4) is 0 Å². The second kappa shape index (κ2) is 5.70. The summed E-state index contributed by atoms with van der Waals surface area (Å²) in [5.74, 6) is 0.520. The Hall–Kier alpha value is -1.76.